The number of hydrogen-bond acceptors (Lipinski definition) is 6. The molecule has 3 aromatic rings. The standard InChI is InChI=1S/C21H26N6O2/c1-3-18-24-16-7-4-5-8-17(16)27(18)13-19(28)25(2)14-21(29)9-12-26(15-21)20-22-10-6-11-23-20/h4-8,10-11,29H,3,9,12-15H2,1-2H3. The zero-order chi connectivity index (χ0) is 20.4. The van der Waals surface area contributed by atoms with Gasteiger partial charge in [-0.1, -0.05) is 19.1 Å². The Morgan fingerprint density at radius 3 is 2.76 bits per heavy atom. The normalized spacial score (nSPS) is 19.1. The second kappa shape index (κ2) is 7.79. The molecule has 8 heteroatoms. The van der Waals surface area contributed by atoms with Crippen molar-refractivity contribution in [3.05, 3.63) is 48.5 Å². The largest absolute Gasteiger partial charge is 0.386 e. The SMILES string of the molecule is CCc1nc2ccccc2n1CC(=O)N(C)CC1(O)CCN(c2ncccn2)C1. The summed E-state index contributed by atoms with van der Waals surface area (Å²) in [6.07, 6.45) is 4.70. The first-order chi connectivity index (χ1) is 14.0. The van der Waals surface area contributed by atoms with Crippen LogP contribution in [0.25, 0.3) is 11.0 Å². The number of para-hydroxylation sites is 2. The van der Waals surface area contributed by atoms with Crippen LogP contribution in [0, 0.1) is 0 Å². The summed E-state index contributed by atoms with van der Waals surface area (Å²) in [5.41, 5.74) is 0.875. The Balaban J connectivity index is 1.44. The summed E-state index contributed by atoms with van der Waals surface area (Å²) < 4.78 is 1.97. The van der Waals surface area contributed by atoms with E-state index in [4.69, 9.17) is 0 Å². The van der Waals surface area contributed by atoms with E-state index in [2.05, 4.69) is 15.0 Å². The van der Waals surface area contributed by atoms with E-state index in [1.54, 1.807) is 30.4 Å². The van der Waals surface area contributed by atoms with Gasteiger partial charge in [-0.2, -0.15) is 0 Å². The molecule has 1 aliphatic rings. The molecule has 0 bridgehead atoms. The minimum Gasteiger partial charge on any atom is -0.386 e. The topological polar surface area (TPSA) is 87.4 Å². The van der Waals surface area contributed by atoms with Crippen molar-refractivity contribution in [2.75, 3.05) is 31.6 Å². The molecule has 0 spiro atoms. The summed E-state index contributed by atoms with van der Waals surface area (Å²) in [5, 5.41) is 11.0. The van der Waals surface area contributed by atoms with Crippen molar-refractivity contribution in [3.63, 3.8) is 0 Å². The number of likely N-dealkylation sites (N-methyl/N-ethyl adjacent to an activating group) is 1. The maximum absolute atomic E-state index is 12.9. The highest BCUT2D eigenvalue weighted by Gasteiger charge is 2.39. The second-order valence-corrected chi connectivity index (χ2v) is 7.65. The maximum atomic E-state index is 12.9. The highest BCUT2D eigenvalue weighted by Crippen LogP contribution is 2.25. The van der Waals surface area contributed by atoms with Crippen molar-refractivity contribution in [1.29, 1.82) is 0 Å². The number of amides is 1. The van der Waals surface area contributed by atoms with E-state index >= 15 is 0 Å². The Morgan fingerprint density at radius 1 is 1.24 bits per heavy atom. The number of aliphatic hydroxyl groups is 1. The van der Waals surface area contributed by atoms with Crippen molar-refractivity contribution in [3.8, 4) is 0 Å². The van der Waals surface area contributed by atoms with E-state index in [-0.39, 0.29) is 19.0 Å². The molecule has 0 aliphatic carbocycles. The fourth-order valence-corrected chi connectivity index (χ4v) is 3.97. The van der Waals surface area contributed by atoms with E-state index in [1.807, 2.05) is 40.7 Å². The average molecular weight is 394 g/mol. The molecule has 1 amide bonds. The van der Waals surface area contributed by atoms with Crippen LogP contribution in [0.5, 0.6) is 0 Å². The third-order valence-corrected chi connectivity index (χ3v) is 5.47. The van der Waals surface area contributed by atoms with Gasteiger partial charge < -0.3 is 19.5 Å². The number of aryl methyl sites for hydroxylation is 1. The van der Waals surface area contributed by atoms with Crippen molar-refractivity contribution in [2.24, 2.45) is 0 Å². The van der Waals surface area contributed by atoms with Gasteiger partial charge in [-0.15, -0.1) is 0 Å². The third kappa shape index (κ3) is 3.93. The van der Waals surface area contributed by atoms with E-state index in [0.29, 0.717) is 25.5 Å². The number of anilines is 1. The van der Waals surface area contributed by atoms with Crippen LogP contribution in [0.3, 0.4) is 0 Å². The molecule has 1 unspecified atom stereocenters. The van der Waals surface area contributed by atoms with Gasteiger partial charge in [0.25, 0.3) is 0 Å². The smallest absolute Gasteiger partial charge is 0.242 e. The summed E-state index contributed by atoms with van der Waals surface area (Å²) in [6.45, 7) is 3.58. The number of fused-ring (bicyclic) bond motifs is 1. The Labute approximate surface area is 169 Å². The summed E-state index contributed by atoms with van der Waals surface area (Å²) in [7, 11) is 1.74. The van der Waals surface area contributed by atoms with Gasteiger partial charge in [0.15, 0.2) is 0 Å². The van der Waals surface area contributed by atoms with Crippen molar-refractivity contribution >= 4 is 22.9 Å². The van der Waals surface area contributed by atoms with Gasteiger partial charge >= 0.3 is 0 Å². The van der Waals surface area contributed by atoms with E-state index in [9.17, 15) is 9.90 Å². The molecule has 1 atom stereocenters. The number of hydrogen-bond donors (Lipinski definition) is 1. The first kappa shape index (κ1) is 19.3. The molecule has 0 saturated carbocycles. The fourth-order valence-electron chi connectivity index (χ4n) is 3.97. The lowest BCUT2D eigenvalue weighted by atomic mass is 10.0. The third-order valence-electron chi connectivity index (χ3n) is 5.47. The quantitative estimate of drug-likeness (QED) is 0.682. The van der Waals surface area contributed by atoms with E-state index in [0.717, 1.165) is 23.3 Å². The van der Waals surface area contributed by atoms with Gasteiger partial charge in [-0.05, 0) is 24.6 Å². The zero-order valence-corrected chi connectivity index (χ0v) is 16.8. The molecule has 2 aromatic heterocycles. The summed E-state index contributed by atoms with van der Waals surface area (Å²) in [5.74, 6) is 1.44. The molecule has 1 aromatic carbocycles. The average Bonchev–Trinajstić information content (AvgIpc) is 3.29. The predicted octanol–water partition coefficient (Wildman–Crippen LogP) is 1.49. The Bertz CT molecular complexity index is 1000. The van der Waals surface area contributed by atoms with Crippen LogP contribution in [0.1, 0.15) is 19.2 Å². The molecule has 0 radical (unpaired) electrons. The van der Waals surface area contributed by atoms with Gasteiger partial charge in [0.2, 0.25) is 11.9 Å². The van der Waals surface area contributed by atoms with Crippen molar-refractivity contribution in [2.45, 2.75) is 31.9 Å². The number of aromatic nitrogens is 4. The summed E-state index contributed by atoms with van der Waals surface area (Å²) >= 11 is 0. The number of benzene rings is 1. The molecular formula is C21H26N6O2. The Hall–Kier alpha value is -3.00. The first-order valence-electron chi connectivity index (χ1n) is 9.91. The molecular weight excluding hydrogens is 368 g/mol. The number of carbonyl (C=O) groups excluding carboxylic acids is 1. The molecule has 3 heterocycles. The lowest BCUT2D eigenvalue weighted by Crippen LogP contribution is -2.46. The number of β-amino-alcohol motifs (C(OH)–C–C–N with tert-alkyl or cyclic N) is 1. The van der Waals surface area contributed by atoms with Gasteiger partial charge in [0, 0.05) is 32.4 Å². The second-order valence-electron chi connectivity index (χ2n) is 7.65. The molecule has 8 nitrogen and oxygen atoms in total. The minimum absolute atomic E-state index is 0.0503. The summed E-state index contributed by atoms with van der Waals surface area (Å²) in [6, 6.07) is 9.61. The lowest BCUT2D eigenvalue weighted by Gasteiger charge is -2.29. The molecule has 1 saturated heterocycles. The molecule has 4 rings (SSSR count). The van der Waals surface area contributed by atoms with Crippen LogP contribution >= 0.6 is 0 Å². The molecule has 152 valence electrons. The van der Waals surface area contributed by atoms with Gasteiger partial charge in [0.1, 0.15) is 18.0 Å². The molecule has 1 N–H and O–H groups in total. The monoisotopic (exact) mass is 394 g/mol. The van der Waals surface area contributed by atoms with Crippen LogP contribution in [0.15, 0.2) is 42.7 Å². The van der Waals surface area contributed by atoms with Crippen molar-refractivity contribution in [1.82, 2.24) is 24.4 Å². The highest BCUT2D eigenvalue weighted by molar-refractivity contribution is 5.81. The van der Waals surface area contributed by atoms with E-state index < -0.39 is 5.60 Å². The Kier molecular flexibility index (Phi) is 5.19. The zero-order valence-electron chi connectivity index (χ0n) is 16.8. The Morgan fingerprint density at radius 2 is 2.00 bits per heavy atom. The van der Waals surface area contributed by atoms with Crippen LogP contribution in [0.4, 0.5) is 5.95 Å². The van der Waals surface area contributed by atoms with Crippen LogP contribution in [0.2, 0.25) is 0 Å². The number of imidazole rings is 1. The van der Waals surface area contributed by atoms with Crippen molar-refractivity contribution < 1.29 is 9.90 Å². The lowest BCUT2D eigenvalue weighted by molar-refractivity contribution is -0.133. The number of rotatable bonds is 6. The molecule has 1 aliphatic heterocycles. The van der Waals surface area contributed by atoms with Gasteiger partial charge in [0.05, 0.1) is 24.1 Å². The predicted molar refractivity (Wildman–Crippen MR) is 111 cm³/mol. The van der Waals surface area contributed by atoms with Crippen LogP contribution < -0.4 is 4.90 Å². The molecule has 1 fully saturated rings. The van der Waals surface area contributed by atoms with Gasteiger partial charge in [-0.3, -0.25) is 4.79 Å². The van der Waals surface area contributed by atoms with Crippen LogP contribution in [-0.2, 0) is 17.8 Å². The maximum Gasteiger partial charge on any atom is 0.242 e. The van der Waals surface area contributed by atoms with E-state index in [1.165, 1.54) is 0 Å². The minimum atomic E-state index is -0.978. The fraction of sp³-hybridized carbons (Fsp3) is 0.429. The van der Waals surface area contributed by atoms with Gasteiger partial charge in [-0.25, -0.2) is 15.0 Å². The first-order valence-corrected chi connectivity index (χ1v) is 9.91. The summed E-state index contributed by atoms with van der Waals surface area (Å²) in [4.78, 5) is 29.6. The number of carbonyl (C=O) groups is 1. The van der Waals surface area contributed by atoms with Crippen LogP contribution in [-0.4, -0.2) is 67.7 Å². The highest BCUT2D eigenvalue weighted by atomic mass is 16.3. The molecule has 29 heavy (non-hydrogen) atoms. The number of nitrogens with zero attached hydrogens (tertiary/aromatic N) is 6.